The number of fused-ring (bicyclic) bond motifs is 1. The molecule has 1 aliphatic rings. The minimum atomic E-state index is -0.654. The summed E-state index contributed by atoms with van der Waals surface area (Å²) < 4.78 is 5.13. The minimum Gasteiger partial charge on any atom is -0.454 e. The summed E-state index contributed by atoms with van der Waals surface area (Å²) in [6, 6.07) is 12.5. The Morgan fingerprint density at radius 3 is 2.59 bits per heavy atom. The van der Waals surface area contributed by atoms with Crippen LogP contribution in [0.25, 0.3) is 0 Å². The third-order valence-corrected chi connectivity index (χ3v) is 5.05. The first-order valence-corrected chi connectivity index (χ1v) is 8.90. The Morgan fingerprint density at radius 2 is 1.93 bits per heavy atom. The van der Waals surface area contributed by atoms with Crippen LogP contribution >= 0.6 is 11.6 Å². The molecule has 2 aromatic carbocycles. The number of ketones is 1. The van der Waals surface area contributed by atoms with Gasteiger partial charge in [-0.3, -0.25) is 4.79 Å². The van der Waals surface area contributed by atoms with E-state index < -0.39 is 5.97 Å². The number of anilines is 2. The highest BCUT2D eigenvalue weighted by atomic mass is 35.5. The fourth-order valence-corrected chi connectivity index (χ4v) is 3.57. The quantitative estimate of drug-likeness (QED) is 0.490. The molecule has 1 aliphatic heterocycles. The molecule has 0 saturated carbocycles. The SMILES string of the molecule is CN1/C(=C/C(=O)COC(=O)c2ccc(Cl)cc2N)C(C)(C)c2ccccc21. The fraction of sp³-hybridized carbons (Fsp3) is 0.238. The third kappa shape index (κ3) is 3.55. The lowest BCUT2D eigenvalue weighted by atomic mass is 9.83. The average molecular weight is 385 g/mol. The number of benzene rings is 2. The van der Waals surface area contributed by atoms with E-state index >= 15 is 0 Å². The fourth-order valence-electron chi connectivity index (χ4n) is 3.39. The summed E-state index contributed by atoms with van der Waals surface area (Å²) in [7, 11) is 1.92. The summed E-state index contributed by atoms with van der Waals surface area (Å²) >= 11 is 5.82. The number of allylic oxidation sites excluding steroid dienone is 1. The summed E-state index contributed by atoms with van der Waals surface area (Å²) in [5, 5.41) is 0.427. The van der Waals surface area contributed by atoms with Gasteiger partial charge < -0.3 is 15.4 Å². The average Bonchev–Trinajstić information content (AvgIpc) is 2.81. The molecule has 5 nitrogen and oxygen atoms in total. The summed E-state index contributed by atoms with van der Waals surface area (Å²) in [5.74, 6) is -0.947. The van der Waals surface area contributed by atoms with Gasteiger partial charge in [0.25, 0.3) is 0 Å². The summed E-state index contributed by atoms with van der Waals surface area (Å²) in [6.07, 6.45) is 1.54. The number of rotatable bonds is 4. The molecule has 0 aromatic heterocycles. The number of likely N-dealkylation sites (N-methyl/N-ethyl adjacent to an activating group) is 1. The number of carbonyl (C=O) groups is 2. The van der Waals surface area contributed by atoms with Crippen molar-refractivity contribution in [2.45, 2.75) is 19.3 Å². The Bertz CT molecular complexity index is 950. The van der Waals surface area contributed by atoms with E-state index in [1.807, 2.05) is 30.1 Å². The monoisotopic (exact) mass is 384 g/mol. The number of esters is 1. The zero-order chi connectivity index (χ0) is 19.8. The summed E-state index contributed by atoms with van der Waals surface area (Å²) in [5.41, 5.74) is 8.93. The topological polar surface area (TPSA) is 72.6 Å². The highest BCUT2D eigenvalue weighted by molar-refractivity contribution is 6.31. The van der Waals surface area contributed by atoms with Crippen LogP contribution in [-0.2, 0) is 14.9 Å². The zero-order valence-electron chi connectivity index (χ0n) is 15.5. The van der Waals surface area contributed by atoms with Gasteiger partial charge in [-0.15, -0.1) is 0 Å². The minimum absolute atomic E-state index is 0.186. The molecule has 0 saturated heterocycles. The molecular formula is C21H21ClN2O3. The van der Waals surface area contributed by atoms with Crippen molar-refractivity contribution in [1.82, 2.24) is 0 Å². The van der Waals surface area contributed by atoms with Crippen LogP contribution in [-0.4, -0.2) is 25.4 Å². The van der Waals surface area contributed by atoms with E-state index in [1.165, 1.54) is 12.1 Å². The van der Waals surface area contributed by atoms with Crippen molar-refractivity contribution in [1.29, 1.82) is 0 Å². The maximum atomic E-state index is 12.4. The maximum absolute atomic E-state index is 12.4. The molecule has 0 bridgehead atoms. The van der Waals surface area contributed by atoms with Crippen LogP contribution in [0.5, 0.6) is 0 Å². The van der Waals surface area contributed by atoms with E-state index in [0.717, 1.165) is 16.9 Å². The molecule has 140 valence electrons. The predicted octanol–water partition coefficient (Wildman–Crippen LogP) is 3.96. The van der Waals surface area contributed by atoms with E-state index in [1.54, 1.807) is 12.1 Å². The Kier molecular flexibility index (Phi) is 4.98. The second-order valence-electron chi connectivity index (χ2n) is 7.00. The Labute approximate surface area is 163 Å². The van der Waals surface area contributed by atoms with Gasteiger partial charge in [0.15, 0.2) is 12.4 Å². The molecule has 0 aliphatic carbocycles. The van der Waals surface area contributed by atoms with Crippen LogP contribution < -0.4 is 10.6 Å². The van der Waals surface area contributed by atoms with Gasteiger partial charge in [0.05, 0.1) is 5.56 Å². The summed E-state index contributed by atoms with van der Waals surface area (Å²) in [6.45, 7) is 3.77. The van der Waals surface area contributed by atoms with Crippen molar-refractivity contribution in [3.8, 4) is 0 Å². The van der Waals surface area contributed by atoms with Crippen LogP contribution in [0.3, 0.4) is 0 Å². The van der Waals surface area contributed by atoms with Crippen molar-refractivity contribution in [3.05, 3.63) is 70.4 Å². The molecule has 2 aromatic rings. The van der Waals surface area contributed by atoms with E-state index in [2.05, 4.69) is 19.9 Å². The molecular weight excluding hydrogens is 364 g/mol. The van der Waals surface area contributed by atoms with E-state index in [0.29, 0.717) is 5.02 Å². The smallest absolute Gasteiger partial charge is 0.340 e. The molecule has 0 radical (unpaired) electrons. The highest BCUT2D eigenvalue weighted by Crippen LogP contribution is 2.46. The molecule has 0 amide bonds. The second-order valence-corrected chi connectivity index (χ2v) is 7.44. The Morgan fingerprint density at radius 1 is 1.22 bits per heavy atom. The summed E-state index contributed by atoms with van der Waals surface area (Å²) in [4.78, 5) is 26.6. The van der Waals surface area contributed by atoms with Gasteiger partial charge in [0.1, 0.15) is 0 Å². The van der Waals surface area contributed by atoms with Gasteiger partial charge in [-0.2, -0.15) is 0 Å². The molecule has 1 heterocycles. The molecule has 0 unspecified atom stereocenters. The molecule has 0 fully saturated rings. The number of ether oxygens (including phenoxy) is 1. The van der Waals surface area contributed by atoms with Gasteiger partial charge in [-0.05, 0) is 29.8 Å². The second kappa shape index (κ2) is 7.08. The first-order valence-electron chi connectivity index (χ1n) is 8.52. The van der Waals surface area contributed by atoms with Crippen LogP contribution in [0.15, 0.2) is 54.2 Å². The molecule has 0 spiro atoms. The number of para-hydroxylation sites is 1. The van der Waals surface area contributed by atoms with Gasteiger partial charge in [-0.1, -0.05) is 43.6 Å². The van der Waals surface area contributed by atoms with Gasteiger partial charge in [-0.25, -0.2) is 4.79 Å². The van der Waals surface area contributed by atoms with Crippen molar-refractivity contribution in [2.75, 3.05) is 24.3 Å². The van der Waals surface area contributed by atoms with E-state index in [4.69, 9.17) is 22.1 Å². The normalized spacial score (nSPS) is 16.3. The number of halogens is 1. The number of hydrogen-bond donors (Lipinski definition) is 1. The van der Waals surface area contributed by atoms with Crippen molar-refractivity contribution in [3.63, 3.8) is 0 Å². The molecule has 0 atom stereocenters. The third-order valence-electron chi connectivity index (χ3n) is 4.82. The first-order chi connectivity index (χ1) is 12.7. The van der Waals surface area contributed by atoms with Crippen molar-refractivity contribution in [2.24, 2.45) is 0 Å². The van der Waals surface area contributed by atoms with Crippen LogP contribution in [0.1, 0.15) is 29.8 Å². The number of nitrogen functional groups attached to an aromatic ring is 1. The number of nitrogens with two attached hydrogens (primary N) is 1. The lowest BCUT2D eigenvalue weighted by Crippen LogP contribution is -2.25. The van der Waals surface area contributed by atoms with Crippen molar-refractivity contribution >= 4 is 34.7 Å². The number of carbonyl (C=O) groups excluding carboxylic acids is 2. The largest absolute Gasteiger partial charge is 0.454 e. The Hall–Kier alpha value is -2.79. The van der Waals surface area contributed by atoms with Crippen molar-refractivity contribution < 1.29 is 14.3 Å². The molecule has 3 rings (SSSR count). The molecule has 6 heteroatoms. The van der Waals surface area contributed by atoms with E-state index in [-0.39, 0.29) is 29.1 Å². The molecule has 2 N–H and O–H groups in total. The first kappa shape index (κ1) is 19.0. The predicted molar refractivity (Wildman–Crippen MR) is 107 cm³/mol. The zero-order valence-corrected chi connectivity index (χ0v) is 16.2. The lowest BCUT2D eigenvalue weighted by Gasteiger charge is -2.23. The standard InChI is InChI=1S/C21H21ClN2O3/c1-21(2)16-6-4-5-7-18(16)24(3)19(21)11-14(25)12-27-20(26)15-9-8-13(22)10-17(15)23/h4-11H,12,23H2,1-3H3/b19-11+. The van der Waals surface area contributed by atoms with Crippen LogP contribution in [0, 0.1) is 0 Å². The van der Waals surface area contributed by atoms with Crippen LogP contribution in [0.4, 0.5) is 11.4 Å². The van der Waals surface area contributed by atoms with Crippen LogP contribution in [0.2, 0.25) is 5.02 Å². The lowest BCUT2D eigenvalue weighted by molar-refractivity contribution is -0.117. The molecule has 27 heavy (non-hydrogen) atoms. The van der Waals surface area contributed by atoms with E-state index in [9.17, 15) is 9.59 Å². The Balaban J connectivity index is 1.73. The number of nitrogens with zero attached hydrogens (tertiary/aromatic N) is 1. The highest BCUT2D eigenvalue weighted by Gasteiger charge is 2.38. The van der Waals surface area contributed by atoms with Gasteiger partial charge in [0, 0.05) is 40.6 Å². The maximum Gasteiger partial charge on any atom is 0.340 e. The van der Waals surface area contributed by atoms with Gasteiger partial charge in [0.2, 0.25) is 0 Å². The van der Waals surface area contributed by atoms with Gasteiger partial charge >= 0.3 is 5.97 Å². The number of hydrogen-bond acceptors (Lipinski definition) is 5.